The highest BCUT2D eigenvalue weighted by Gasteiger charge is 2.23. The van der Waals surface area contributed by atoms with Crippen molar-refractivity contribution >= 4 is 16.9 Å². The van der Waals surface area contributed by atoms with E-state index < -0.39 is 28.4 Å². The fourth-order valence-corrected chi connectivity index (χ4v) is 2.25. The van der Waals surface area contributed by atoms with E-state index in [9.17, 15) is 23.5 Å². The van der Waals surface area contributed by atoms with Gasteiger partial charge in [0.2, 0.25) is 0 Å². The number of rotatable bonds is 2. The Balaban J connectivity index is 2.99. The average molecular weight is 295 g/mol. The number of aromatic nitrogens is 1. The van der Waals surface area contributed by atoms with E-state index in [0.717, 1.165) is 22.8 Å². The second-order valence-corrected chi connectivity index (χ2v) is 6.10. The maximum Gasteiger partial charge on any atom is 0.352 e. The first-order valence-electron chi connectivity index (χ1n) is 6.36. The van der Waals surface area contributed by atoms with Crippen molar-refractivity contribution in [3.8, 4) is 0 Å². The summed E-state index contributed by atoms with van der Waals surface area (Å²) in [5, 5.41) is 8.80. The van der Waals surface area contributed by atoms with E-state index in [1.165, 1.54) is 0 Å². The first-order valence-corrected chi connectivity index (χ1v) is 6.36. The summed E-state index contributed by atoms with van der Waals surface area (Å²) in [7, 11) is 0. The van der Waals surface area contributed by atoms with Gasteiger partial charge in [-0.25, -0.2) is 13.6 Å². The molecule has 1 aromatic carbocycles. The lowest BCUT2D eigenvalue weighted by atomic mass is 9.96. The lowest BCUT2D eigenvalue weighted by Crippen LogP contribution is -2.25. The van der Waals surface area contributed by atoms with Crippen LogP contribution in [0.4, 0.5) is 8.78 Å². The van der Waals surface area contributed by atoms with E-state index >= 15 is 0 Å². The second-order valence-electron chi connectivity index (χ2n) is 6.10. The van der Waals surface area contributed by atoms with Gasteiger partial charge in [0.15, 0.2) is 5.43 Å². The first kappa shape index (κ1) is 15.2. The Hall–Kier alpha value is -2.24. The molecule has 21 heavy (non-hydrogen) atoms. The minimum Gasteiger partial charge on any atom is -0.477 e. The van der Waals surface area contributed by atoms with Crippen LogP contribution in [0.15, 0.2) is 23.0 Å². The largest absolute Gasteiger partial charge is 0.477 e. The Morgan fingerprint density at radius 2 is 1.81 bits per heavy atom. The number of carboxylic acids is 1. The maximum atomic E-state index is 14.1. The van der Waals surface area contributed by atoms with Gasteiger partial charge in [0, 0.05) is 12.6 Å². The van der Waals surface area contributed by atoms with Crippen molar-refractivity contribution in [3.63, 3.8) is 0 Å². The van der Waals surface area contributed by atoms with Gasteiger partial charge in [0.25, 0.3) is 0 Å². The van der Waals surface area contributed by atoms with Gasteiger partial charge in [-0.1, -0.05) is 20.8 Å². The molecule has 4 nitrogen and oxygen atoms in total. The van der Waals surface area contributed by atoms with Crippen LogP contribution >= 0.6 is 0 Å². The maximum absolute atomic E-state index is 14.1. The number of carbonyl (C=O) groups is 1. The van der Waals surface area contributed by atoms with Crippen molar-refractivity contribution in [1.29, 1.82) is 0 Å². The van der Waals surface area contributed by atoms with Crippen LogP contribution in [0.2, 0.25) is 0 Å². The van der Waals surface area contributed by atoms with Crippen LogP contribution in [0.1, 0.15) is 31.3 Å². The minimum atomic E-state index is -1.36. The molecule has 2 rings (SSSR count). The van der Waals surface area contributed by atoms with Crippen LogP contribution < -0.4 is 5.43 Å². The molecule has 2 aromatic rings. The molecule has 112 valence electrons. The van der Waals surface area contributed by atoms with Crippen molar-refractivity contribution in [3.05, 3.63) is 45.8 Å². The van der Waals surface area contributed by atoms with Gasteiger partial charge in [-0.2, -0.15) is 0 Å². The smallest absolute Gasteiger partial charge is 0.352 e. The van der Waals surface area contributed by atoms with E-state index in [0.29, 0.717) is 0 Å². The lowest BCUT2D eigenvalue weighted by molar-refractivity contribution is 0.0682. The fraction of sp³-hybridized carbons (Fsp3) is 0.333. The molecule has 0 spiro atoms. The summed E-state index contributed by atoms with van der Waals surface area (Å²) in [6.07, 6.45) is 0. The quantitative estimate of drug-likeness (QED) is 0.926. The number of benzene rings is 1. The molecule has 0 bridgehead atoms. The van der Waals surface area contributed by atoms with Crippen LogP contribution in [0.25, 0.3) is 10.9 Å². The minimum absolute atomic E-state index is 0.131. The SMILES string of the molecule is CC(C)(C)Cn1c(C(=O)O)cc(=O)c2c(F)ccc(F)c21. The summed E-state index contributed by atoms with van der Waals surface area (Å²) in [4.78, 5) is 23.2. The molecule has 0 aliphatic carbocycles. The van der Waals surface area contributed by atoms with Crippen LogP contribution in [-0.4, -0.2) is 15.6 Å². The molecule has 0 aliphatic rings. The van der Waals surface area contributed by atoms with Crippen LogP contribution in [0.5, 0.6) is 0 Å². The number of fused-ring (bicyclic) bond motifs is 1. The number of hydrogen-bond acceptors (Lipinski definition) is 2. The standard InChI is InChI=1S/C15H15F2NO3/c1-15(2,3)7-18-10(14(20)21)6-11(19)12-8(16)4-5-9(17)13(12)18/h4-6H,7H2,1-3H3,(H,20,21). The highest BCUT2D eigenvalue weighted by molar-refractivity contribution is 5.91. The van der Waals surface area contributed by atoms with E-state index in [2.05, 4.69) is 0 Å². The van der Waals surface area contributed by atoms with Crippen molar-refractivity contribution in [2.24, 2.45) is 5.41 Å². The molecule has 6 heteroatoms. The summed E-state index contributed by atoms with van der Waals surface area (Å²) in [6, 6.07) is 2.59. The van der Waals surface area contributed by atoms with Gasteiger partial charge in [-0.15, -0.1) is 0 Å². The topological polar surface area (TPSA) is 59.3 Å². The number of halogens is 2. The Morgan fingerprint density at radius 3 is 2.33 bits per heavy atom. The molecular formula is C15H15F2NO3. The van der Waals surface area contributed by atoms with E-state index in [4.69, 9.17) is 0 Å². The van der Waals surface area contributed by atoms with Crippen LogP contribution in [0, 0.1) is 17.0 Å². The second kappa shape index (κ2) is 4.95. The number of aromatic carboxylic acids is 1. The number of carboxylic acid groups (broad SMARTS) is 1. The molecule has 0 radical (unpaired) electrons. The highest BCUT2D eigenvalue weighted by Crippen LogP contribution is 2.25. The molecule has 0 unspecified atom stereocenters. The normalized spacial score (nSPS) is 11.9. The summed E-state index contributed by atoms with van der Waals surface area (Å²) >= 11 is 0. The summed E-state index contributed by atoms with van der Waals surface area (Å²) < 4.78 is 29.1. The Labute approximate surface area is 119 Å². The monoisotopic (exact) mass is 295 g/mol. The van der Waals surface area contributed by atoms with E-state index in [1.54, 1.807) is 0 Å². The van der Waals surface area contributed by atoms with Crippen molar-refractivity contribution in [1.82, 2.24) is 4.57 Å². The molecule has 1 N–H and O–H groups in total. The van der Waals surface area contributed by atoms with E-state index in [-0.39, 0.29) is 23.2 Å². The average Bonchev–Trinajstić information content (AvgIpc) is 2.33. The predicted octanol–water partition coefficient (Wildman–Crippen LogP) is 3.02. The molecule has 1 aromatic heterocycles. The fourth-order valence-electron chi connectivity index (χ4n) is 2.25. The molecule has 0 aliphatic heterocycles. The Bertz CT molecular complexity index is 788. The number of hydrogen-bond donors (Lipinski definition) is 1. The zero-order valence-electron chi connectivity index (χ0n) is 11.9. The Morgan fingerprint density at radius 1 is 1.24 bits per heavy atom. The lowest BCUT2D eigenvalue weighted by Gasteiger charge is -2.24. The van der Waals surface area contributed by atoms with Crippen molar-refractivity contribution < 1.29 is 18.7 Å². The van der Waals surface area contributed by atoms with Gasteiger partial charge in [-0.05, 0) is 17.5 Å². The third-order valence-electron chi connectivity index (χ3n) is 3.00. The predicted molar refractivity (Wildman–Crippen MR) is 74.5 cm³/mol. The number of pyridine rings is 1. The molecule has 1 heterocycles. The van der Waals surface area contributed by atoms with Gasteiger partial charge in [-0.3, -0.25) is 4.79 Å². The molecule has 0 atom stereocenters. The molecule has 0 fully saturated rings. The molecule has 0 amide bonds. The van der Waals surface area contributed by atoms with Crippen LogP contribution in [0.3, 0.4) is 0 Å². The first-order chi connectivity index (χ1) is 9.61. The summed E-state index contributed by atoms with van der Waals surface area (Å²) in [6.45, 7) is 5.63. The van der Waals surface area contributed by atoms with Gasteiger partial charge in [0.1, 0.15) is 17.3 Å². The van der Waals surface area contributed by atoms with Gasteiger partial charge in [0.05, 0.1) is 10.9 Å². The van der Waals surface area contributed by atoms with Gasteiger partial charge < -0.3 is 9.67 Å². The zero-order chi connectivity index (χ0) is 15.9. The molecular weight excluding hydrogens is 280 g/mol. The van der Waals surface area contributed by atoms with Crippen molar-refractivity contribution in [2.75, 3.05) is 0 Å². The van der Waals surface area contributed by atoms with E-state index in [1.807, 2.05) is 20.8 Å². The molecule has 0 saturated heterocycles. The zero-order valence-corrected chi connectivity index (χ0v) is 11.9. The highest BCUT2D eigenvalue weighted by atomic mass is 19.1. The third kappa shape index (κ3) is 2.79. The Kier molecular flexibility index (Phi) is 3.57. The molecule has 0 saturated carbocycles. The summed E-state index contributed by atoms with van der Waals surface area (Å²) in [5.41, 5.74) is -1.89. The van der Waals surface area contributed by atoms with Crippen molar-refractivity contribution in [2.45, 2.75) is 27.3 Å². The third-order valence-corrected chi connectivity index (χ3v) is 3.00. The van der Waals surface area contributed by atoms with Crippen LogP contribution in [-0.2, 0) is 6.54 Å². The van der Waals surface area contributed by atoms with Gasteiger partial charge >= 0.3 is 5.97 Å². The summed E-state index contributed by atoms with van der Waals surface area (Å²) in [5.74, 6) is -3.05. The number of nitrogens with zero attached hydrogens (tertiary/aromatic N) is 1.